The van der Waals surface area contributed by atoms with Gasteiger partial charge in [-0.2, -0.15) is 5.26 Å². The summed E-state index contributed by atoms with van der Waals surface area (Å²) in [7, 11) is 0. The van der Waals surface area contributed by atoms with E-state index in [2.05, 4.69) is 17.3 Å². The van der Waals surface area contributed by atoms with E-state index in [4.69, 9.17) is 11.7 Å². The number of hydrogen-bond donors (Lipinski definition) is 1. The number of nitriles is 1. The maximum Gasteiger partial charge on any atom is 0.0950 e. The average Bonchev–Trinajstić information content (AvgIpc) is 2.05. The number of rotatable bonds is 5. The lowest BCUT2D eigenvalue weighted by atomic mass is 10.2. The molecule has 1 atom stereocenters. The van der Waals surface area contributed by atoms with Crippen LogP contribution >= 0.6 is 0 Å². The fraction of sp³-hybridized carbons (Fsp3) is 0.667. The van der Waals surface area contributed by atoms with Crippen LogP contribution in [-0.2, 0) is 0 Å². The van der Waals surface area contributed by atoms with E-state index in [1.165, 1.54) is 0 Å². The molecule has 0 aromatic rings. The van der Waals surface area contributed by atoms with E-state index in [9.17, 15) is 0 Å². The van der Waals surface area contributed by atoms with Crippen LogP contribution in [0, 0.1) is 23.7 Å². The third kappa shape index (κ3) is 5.45. The van der Waals surface area contributed by atoms with Crippen LogP contribution in [0.1, 0.15) is 26.2 Å². The molecule has 0 aliphatic rings. The summed E-state index contributed by atoms with van der Waals surface area (Å²) in [6.45, 7) is 2.83. The summed E-state index contributed by atoms with van der Waals surface area (Å²) in [5, 5.41) is 11.6. The molecule has 0 saturated carbocycles. The molecule has 1 unspecified atom stereocenters. The summed E-state index contributed by atoms with van der Waals surface area (Å²) in [6, 6.07) is 2.16. The smallest absolute Gasteiger partial charge is 0.0950 e. The Morgan fingerprint density at radius 1 is 1.64 bits per heavy atom. The standard InChI is InChI=1S/C9H14N2/c1-3-5-6-7-11-9(4-2)8-10/h1,9,11H,4-7H2,2H3. The Morgan fingerprint density at radius 2 is 2.36 bits per heavy atom. The predicted molar refractivity (Wildman–Crippen MR) is 45.8 cm³/mol. The largest absolute Gasteiger partial charge is 0.302 e. The van der Waals surface area contributed by atoms with Gasteiger partial charge in [-0.3, -0.25) is 0 Å². The van der Waals surface area contributed by atoms with Crippen molar-refractivity contribution in [1.29, 1.82) is 5.26 Å². The fourth-order valence-electron chi connectivity index (χ4n) is 0.748. The van der Waals surface area contributed by atoms with Gasteiger partial charge >= 0.3 is 0 Å². The highest BCUT2D eigenvalue weighted by molar-refractivity contribution is 4.89. The predicted octanol–water partition coefficient (Wildman–Crippen LogP) is 1.29. The van der Waals surface area contributed by atoms with Crippen molar-refractivity contribution in [3.05, 3.63) is 0 Å². The summed E-state index contributed by atoms with van der Waals surface area (Å²) in [4.78, 5) is 0. The Morgan fingerprint density at radius 3 is 2.82 bits per heavy atom. The zero-order valence-electron chi connectivity index (χ0n) is 6.93. The van der Waals surface area contributed by atoms with Crippen LogP contribution in [0.25, 0.3) is 0 Å². The highest BCUT2D eigenvalue weighted by Crippen LogP contribution is 1.89. The van der Waals surface area contributed by atoms with Gasteiger partial charge < -0.3 is 5.32 Å². The van der Waals surface area contributed by atoms with Gasteiger partial charge in [-0.05, 0) is 19.4 Å². The maximum absolute atomic E-state index is 8.53. The minimum atomic E-state index is -0.00669. The van der Waals surface area contributed by atoms with E-state index < -0.39 is 0 Å². The third-order valence-electron chi connectivity index (χ3n) is 1.45. The average molecular weight is 150 g/mol. The van der Waals surface area contributed by atoms with Crippen molar-refractivity contribution in [2.45, 2.75) is 32.2 Å². The van der Waals surface area contributed by atoms with Crippen LogP contribution < -0.4 is 5.32 Å². The van der Waals surface area contributed by atoms with E-state index in [0.717, 1.165) is 25.8 Å². The first-order chi connectivity index (χ1) is 5.35. The van der Waals surface area contributed by atoms with Gasteiger partial charge in [0.05, 0.1) is 12.1 Å². The molecule has 60 valence electrons. The molecular weight excluding hydrogens is 136 g/mol. The van der Waals surface area contributed by atoms with E-state index in [1.54, 1.807) is 0 Å². The number of nitrogens with zero attached hydrogens (tertiary/aromatic N) is 1. The molecule has 2 nitrogen and oxygen atoms in total. The summed E-state index contributed by atoms with van der Waals surface area (Å²) in [5.74, 6) is 2.55. The van der Waals surface area contributed by atoms with E-state index in [1.807, 2.05) is 6.92 Å². The molecule has 0 saturated heterocycles. The molecule has 1 N–H and O–H groups in total. The molecule has 0 aromatic heterocycles. The van der Waals surface area contributed by atoms with Crippen molar-refractivity contribution in [3.8, 4) is 18.4 Å². The van der Waals surface area contributed by atoms with Gasteiger partial charge in [-0.1, -0.05) is 6.92 Å². The first kappa shape index (κ1) is 10.0. The number of hydrogen-bond acceptors (Lipinski definition) is 2. The third-order valence-corrected chi connectivity index (χ3v) is 1.45. The second kappa shape index (κ2) is 7.12. The van der Waals surface area contributed by atoms with Gasteiger partial charge in [0.25, 0.3) is 0 Å². The first-order valence-corrected chi connectivity index (χ1v) is 3.91. The Kier molecular flexibility index (Phi) is 6.48. The summed E-state index contributed by atoms with van der Waals surface area (Å²) < 4.78 is 0. The Balaban J connectivity index is 3.25. The normalized spacial score (nSPS) is 11.5. The van der Waals surface area contributed by atoms with Crippen LogP contribution in [-0.4, -0.2) is 12.6 Å². The lowest BCUT2D eigenvalue weighted by molar-refractivity contribution is 0.574. The van der Waals surface area contributed by atoms with Gasteiger partial charge in [-0.15, -0.1) is 12.3 Å². The molecule has 0 bridgehead atoms. The Labute approximate surface area is 68.6 Å². The van der Waals surface area contributed by atoms with Crippen molar-refractivity contribution in [1.82, 2.24) is 5.32 Å². The number of unbranched alkanes of at least 4 members (excludes halogenated alkanes) is 1. The highest BCUT2D eigenvalue weighted by Gasteiger charge is 1.99. The number of nitrogens with one attached hydrogen (secondary N) is 1. The molecule has 11 heavy (non-hydrogen) atoms. The molecule has 0 aliphatic heterocycles. The van der Waals surface area contributed by atoms with Crippen LogP contribution in [0.4, 0.5) is 0 Å². The van der Waals surface area contributed by atoms with E-state index in [0.29, 0.717) is 0 Å². The van der Waals surface area contributed by atoms with Gasteiger partial charge in [0.2, 0.25) is 0 Å². The summed E-state index contributed by atoms with van der Waals surface area (Å²) in [6.07, 6.45) is 7.66. The topological polar surface area (TPSA) is 35.8 Å². The van der Waals surface area contributed by atoms with Crippen molar-refractivity contribution in [3.63, 3.8) is 0 Å². The lowest BCUT2D eigenvalue weighted by Crippen LogP contribution is -2.27. The molecule has 0 spiro atoms. The molecule has 0 heterocycles. The van der Waals surface area contributed by atoms with Crippen molar-refractivity contribution in [2.75, 3.05) is 6.54 Å². The van der Waals surface area contributed by atoms with Gasteiger partial charge in [0.15, 0.2) is 0 Å². The Bertz CT molecular complexity index is 161. The monoisotopic (exact) mass is 150 g/mol. The van der Waals surface area contributed by atoms with Gasteiger partial charge in [0, 0.05) is 6.42 Å². The highest BCUT2D eigenvalue weighted by atomic mass is 14.9. The van der Waals surface area contributed by atoms with Crippen molar-refractivity contribution >= 4 is 0 Å². The summed E-state index contributed by atoms with van der Waals surface area (Å²) in [5.41, 5.74) is 0. The molecule has 0 fully saturated rings. The second-order valence-electron chi connectivity index (χ2n) is 2.35. The SMILES string of the molecule is C#CCCCNC(C#N)CC. The first-order valence-electron chi connectivity index (χ1n) is 3.91. The second-order valence-corrected chi connectivity index (χ2v) is 2.35. The minimum Gasteiger partial charge on any atom is -0.302 e. The molecule has 2 heteroatoms. The van der Waals surface area contributed by atoms with Crippen LogP contribution in [0.5, 0.6) is 0 Å². The Hall–Kier alpha value is -0.990. The summed E-state index contributed by atoms with van der Waals surface area (Å²) >= 11 is 0. The van der Waals surface area contributed by atoms with Crippen molar-refractivity contribution in [2.24, 2.45) is 0 Å². The quantitative estimate of drug-likeness (QED) is 0.473. The van der Waals surface area contributed by atoms with Crippen LogP contribution in [0.15, 0.2) is 0 Å². The zero-order valence-corrected chi connectivity index (χ0v) is 6.93. The molecule has 0 amide bonds. The van der Waals surface area contributed by atoms with Gasteiger partial charge in [-0.25, -0.2) is 0 Å². The van der Waals surface area contributed by atoms with Gasteiger partial charge in [0.1, 0.15) is 0 Å². The molecule has 0 rings (SSSR count). The van der Waals surface area contributed by atoms with E-state index in [-0.39, 0.29) is 6.04 Å². The molecule has 0 radical (unpaired) electrons. The number of terminal acetylenes is 1. The zero-order chi connectivity index (χ0) is 8.53. The fourth-order valence-corrected chi connectivity index (χ4v) is 0.748. The maximum atomic E-state index is 8.53. The van der Waals surface area contributed by atoms with Crippen LogP contribution in [0.2, 0.25) is 0 Å². The van der Waals surface area contributed by atoms with Crippen molar-refractivity contribution < 1.29 is 0 Å². The van der Waals surface area contributed by atoms with Crippen LogP contribution in [0.3, 0.4) is 0 Å². The minimum absolute atomic E-state index is 0.00669. The molecule has 0 aliphatic carbocycles. The molecular formula is C9H14N2. The molecule has 0 aromatic carbocycles. The lowest BCUT2D eigenvalue weighted by Gasteiger charge is -2.06. The van der Waals surface area contributed by atoms with E-state index >= 15 is 0 Å².